The summed E-state index contributed by atoms with van der Waals surface area (Å²) in [6.07, 6.45) is -0.466. The molecule has 1 aliphatic carbocycles. The molecule has 0 atom stereocenters. The largest absolute Gasteiger partial charge is 0.497 e. The zero-order chi connectivity index (χ0) is 29.3. The highest BCUT2D eigenvalue weighted by Gasteiger charge is 2.38. The number of carbonyl (C=O) groups is 2. The highest BCUT2D eigenvalue weighted by atomic mass is 19.4. The van der Waals surface area contributed by atoms with Crippen molar-refractivity contribution in [2.75, 3.05) is 38.0 Å². The summed E-state index contributed by atoms with van der Waals surface area (Å²) in [7, 11) is 5.65. The number of carbonyl (C=O) groups excluding carboxylic acids is 1. The molecule has 40 heavy (non-hydrogen) atoms. The summed E-state index contributed by atoms with van der Waals surface area (Å²) in [4.78, 5) is 32.8. The summed E-state index contributed by atoms with van der Waals surface area (Å²) in [5, 5.41) is 14.8. The van der Waals surface area contributed by atoms with Gasteiger partial charge in [0.1, 0.15) is 11.6 Å². The van der Waals surface area contributed by atoms with Crippen LogP contribution in [-0.2, 0) is 16.0 Å². The summed E-state index contributed by atoms with van der Waals surface area (Å²) in [5.41, 5.74) is 1.92. The highest BCUT2D eigenvalue weighted by Crippen LogP contribution is 2.28. The maximum Gasteiger partial charge on any atom is 0.490 e. The van der Waals surface area contributed by atoms with Gasteiger partial charge in [0.15, 0.2) is 0 Å². The van der Waals surface area contributed by atoms with E-state index in [1.165, 1.54) is 0 Å². The topological polar surface area (TPSA) is 117 Å². The molecule has 0 saturated heterocycles. The van der Waals surface area contributed by atoms with E-state index < -0.39 is 12.1 Å². The molecule has 0 spiro atoms. The number of alkyl halides is 3. The summed E-state index contributed by atoms with van der Waals surface area (Å²) in [5.74, 6) is 0.200. The molecule has 4 rings (SSSR count). The molecule has 0 unspecified atom stereocenters. The van der Waals surface area contributed by atoms with Gasteiger partial charge in [0.25, 0.3) is 0 Å². The zero-order valence-corrected chi connectivity index (χ0v) is 22.7. The number of nitrogens with zero attached hydrogens (tertiary/aromatic N) is 3. The van der Waals surface area contributed by atoms with Crippen LogP contribution in [0.1, 0.15) is 31.2 Å². The highest BCUT2D eigenvalue weighted by molar-refractivity contribution is 5.90. The van der Waals surface area contributed by atoms with Crippen LogP contribution in [0.4, 0.5) is 24.9 Å². The monoisotopic (exact) mass is 561 g/mol. The lowest BCUT2D eigenvalue weighted by Gasteiger charge is -2.29. The van der Waals surface area contributed by atoms with Gasteiger partial charge >= 0.3 is 12.1 Å². The molecule has 1 saturated carbocycles. The van der Waals surface area contributed by atoms with E-state index in [1.54, 1.807) is 7.11 Å². The molecule has 0 radical (unpaired) electrons. The van der Waals surface area contributed by atoms with Gasteiger partial charge in [-0.25, -0.2) is 9.78 Å². The number of ether oxygens (including phenoxy) is 1. The third-order valence-corrected chi connectivity index (χ3v) is 6.52. The van der Waals surface area contributed by atoms with E-state index in [2.05, 4.69) is 16.7 Å². The Balaban J connectivity index is 0.000000559. The van der Waals surface area contributed by atoms with Gasteiger partial charge in [0, 0.05) is 32.1 Å². The third-order valence-electron chi connectivity index (χ3n) is 6.52. The second kappa shape index (κ2) is 13.8. The lowest BCUT2D eigenvalue weighted by Crippen LogP contribution is -2.34. The zero-order valence-electron chi connectivity index (χ0n) is 22.7. The van der Waals surface area contributed by atoms with E-state index in [0.29, 0.717) is 24.3 Å². The molecule has 3 aromatic rings. The molecular formula is C28H34F3N5O4. The Kier molecular flexibility index (Phi) is 10.5. The first-order valence-corrected chi connectivity index (χ1v) is 12.9. The van der Waals surface area contributed by atoms with Gasteiger partial charge in [-0.15, -0.1) is 0 Å². The van der Waals surface area contributed by atoms with Crippen molar-refractivity contribution < 1.29 is 32.6 Å². The molecule has 1 heterocycles. The smallest absolute Gasteiger partial charge is 0.490 e. The molecule has 0 bridgehead atoms. The van der Waals surface area contributed by atoms with Crippen LogP contribution in [0.5, 0.6) is 5.75 Å². The lowest BCUT2D eigenvalue weighted by atomic mass is 9.86. The van der Waals surface area contributed by atoms with Crippen molar-refractivity contribution in [3.8, 4) is 5.75 Å². The summed E-state index contributed by atoms with van der Waals surface area (Å²) in [6.45, 7) is 0.729. The standard InChI is InChI=1S/C26H33N5O2.C2HF3O2/c1-31(2)25-22-9-4-5-10-23(22)29-26(30-25)28-20-13-11-18(12-14-20)17-27-24(32)16-19-7-6-8-21(15-19)33-3;3-2(4,5)1(6)7/h4-10,15,18,20H,11-14,16-17H2,1-3H3,(H,27,32)(H,28,29,30);(H,6,7). The Morgan fingerprint density at radius 2 is 1.73 bits per heavy atom. The molecule has 1 aliphatic rings. The van der Waals surface area contributed by atoms with Crippen LogP contribution in [0.3, 0.4) is 0 Å². The SMILES string of the molecule is COc1cccc(CC(=O)NCC2CCC(Nc3nc(N(C)C)c4ccccc4n3)CC2)c1.O=C(O)C(F)(F)F. The fraction of sp³-hybridized carbons (Fsp3) is 0.429. The van der Waals surface area contributed by atoms with E-state index >= 15 is 0 Å². The van der Waals surface area contributed by atoms with Gasteiger partial charge in [-0.2, -0.15) is 18.2 Å². The molecule has 12 heteroatoms. The average Bonchev–Trinajstić information content (AvgIpc) is 2.92. The fourth-order valence-electron chi connectivity index (χ4n) is 4.45. The van der Waals surface area contributed by atoms with Crippen molar-refractivity contribution in [1.29, 1.82) is 0 Å². The number of halogens is 3. The Morgan fingerprint density at radius 1 is 1.05 bits per heavy atom. The number of methoxy groups -OCH3 is 1. The minimum absolute atomic E-state index is 0.0595. The van der Waals surface area contributed by atoms with Gasteiger partial charge in [0.05, 0.1) is 19.0 Å². The van der Waals surface area contributed by atoms with Gasteiger partial charge in [-0.05, 0) is 61.4 Å². The Morgan fingerprint density at radius 3 is 2.35 bits per heavy atom. The first-order chi connectivity index (χ1) is 19.0. The van der Waals surface area contributed by atoms with E-state index in [1.807, 2.05) is 61.5 Å². The lowest BCUT2D eigenvalue weighted by molar-refractivity contribution is -0.192. The number of benzene rings is 2. The number of aromatic nitrogens is 2. The molecule has 3 N–H and O–H groups in total. The van der Waals surface area contributed by atoms with Crippen molar-refractivity contribution in [2.45, 2.75) is 44.3 Å². The number of carboxylic acid groups (broad SMARTS) is 1. The Labute approximate surface area is 230 Å². The molecule has 2 aromatic carbocycles. The number of aliphatic carboxylic acids is 1. The van der Waals surface area contributed by atoms with Gasteiger partial charge < -0.3 is 25.4 Å². The number of fused-ring (bicyclic) bond motifs is 1. The fourth-order valence-corrected chi connectivity index (χ4v) is 4.45. The normalized spacial score (nSPS) is 16.9. The minimum Gasteiger partial charge on any atom is -0.497 e. The summed E-state index contributed by atoms with van der Waals surface area (Å²) in [6, 6.07) is 16.1. The van der Waals surface area contributed by atoms with Crippen LogP contribution in [0, 0.1) is 5.92 Å². The number of nitrogens with one attached hydrogen (secondary N) is 2. The van der Waals surface area contributed by atoms with Gasteiger partial charge in [-0.1, -0.05) is 24.3 Å². The number of anilines is 2. The minimum atomic E-state index is -5.08. The first-order valence-electron chi connectivity index (χ1n) is 12.9. The number of hydrogen-bond acceptors (Lipinski definition) is 7. The number of carboxylic acids is 1. The maximum absolute atomic E-state index is 12.4. The average molecular weight is 562 g/mol. The quantitative estimate of drug-likeness (QED) is 0.364. The first kappa shape index (κ1) is 30.5. The predicted octanol–water partition coefficient (Wildman–Crippen LogP) is 4.67. The van der Waals surface area contributed by atoms with Crippen molar-refractivity contribution in [3.05, 3.63) is 54.1 Å². The number of amides is 1. The third kappa shape index (κ3) is 8.99. The molecule has 1 aromatic heterocycles. The van der Waals surface area contributed by atoms with Crippen LogP contribution < -0.4 is 20.3 Å². The predicted molar refractivity (Wildman–Crippen MR) is 147 cm³/mol. The van der Waals surface area contributed by atoms with Crippen molar-refractivity contribution >= 4 is 34.5 Å². The van der Waals surface area contributed by atoms with Crippen LogP contribution >= 0.6 is 0 Å². The molecule has 9 nitrogen and oxygen atoms in total. The Bertz CT molecular complexity index is 1290. The second-order valence-electron chi connectivity index (χ2n) is 9.78. The van der Waals surface area contributed by atoms with E-state index in [-0.39, 0.29) is 5.91 Å². The van der Waals surface area contributed by atoms with Crippen LogP contribution in [-0.4, -0.2) is 66.9 Å². The Hall–Kier alpha value is -4.09. The molecule has 1 fully saturated rings. The molecular weight excluding hydrogens is 527 g/mol. The van der Waals surface area contributed by atoms with Crippen molar-refractivity contribution in [3.63, 3.8) is 0 Å². The molecule has 1 amide bonds. The van der Waals surface area contributed by atoms with Crippen LogP contribution in [0.25, 0.3) is 10.9 Å². The number of rotatable bonds is 8. The van der Waals surface area contributed by atoms with E-state index in [9.17, 15) is 18.0 Å². The van der Waals surface area contributed by atoms with Gasteiger partial charge in [0.2, 0.25) is 11.9 Å². The summed E-state index contributed by atoms with van der Waals surface area (Å²) >= 11 is 0. The number of hydrogen-bond donors (Lipinski definition) is 3. The maximum atomic E-state index is 12.4. The molecule has 0 aliphatic heterocycles. The second-order valence-corrected chi connectivity index (χ2v) is 9.78. The van der Waals surface area contributed by atoms with Crippen LogP contribution in [0.15, 0.2) is 48.5 Å². The number of para-hydroxylation sites is 1. The van der Waals surface area contributed by atoms with Gasteiger partial charge in [-0.3, -0.25) is 4.79 Å². The summed E-state index contributed by atoms with van der Waals surface area (Å²) < 4.78 is 37.0. The van der Waals surface area contributed by atoms with Crippen LogP contribution in [0.2, 0.25) is 0 Å². The molecule has 216 valence electrons. The van der Waals surface area contributed by atoms with E-state index in [0.717, 1.165) is 60.3 Å². The van der Waals surface area contributed by atoms with E-state index in [4.69, 9.17) is 24.6 Å². The van der Waals surface area contributed by atoms with Crippen molar-refractivity contribution in [1.82, 2.24) is 15.3 Å². The van der Waals surface area contributed by atoms with Crippen molar-refractivity contribution in [2.24, 2.45) is 5.92 Å².